The molecule has 0 aliphatic carbocycles. The molecule has 2 heterocycles. The Bertz CT molecular complexity index is 867. The van der Waals surface area contributed by atoms with Crippen molar-refractivity contribution in [3.63, 3.8) is 0 Å². The van der Waals surface area contributed by atoms with Crippen LogP contribution in [0.1, 0.15) is 20.3 Å². The van der Waals surface area contributed by atoms with E-state index in [1.54, 1.807) is 11.8 Å². The molecule has 1 aromatic heterocycles. The number of nitrogens with one attached hydrogen (secondary N) is 1. The van der Waals surface area contributed by atoms with Gasteiger partial charge in [-0.1, -0.05) is 42.1 Å². The number of thioether (sulfide) groups is 1. The SMILES string of the molecule is CCN(C(=O)[C@@H](C)Sc1n[nH]c(-c2ccccc2)n1)[C@@H]1CCS(=O)(=O)C1. The van der Waals surface area contributed by atoms with Gasteiger partial charge in [0, 0.05) is 18.2 Å². The number of hydrogen-bond acceptors (Lipinski definition) is 6. The number of aromatic amines is 1. The molecule has 1 aromatic carbocycles. The predicted octanol–water partition coefficient (Wildman–Crippen LogP) is 1.99. The van der Waals surface area contributed by atoms with Gasteiger partial charge in [0.2, 0.25) is 11.1 Å². The first kappa shape index (κ1) is 18.9. The van der Waals surface area contributed by atoms with Crippen LogP contribution < -0.4 is 0 Å². The molecule has 2 atom stereocenters. The van der Waals surface area contributed by atoms with E-state index in [2.05, 4.69) is 15.2 Å². The zero-order valence-electron chi connectivity index (χ0n) is 14.8. The van der Waals surface area contributed by atoms with E-state index in [1.165, 1.54) is 11.8 Å². The molecule has 7 nitrogen and oxygen atoms in total. The number of benzene rings is 1. The first-order chi connectivity index (χ1) is 12.4. The lowest BCUT2D eigenvalue weighted by molar-refractivity contribution is -0.131. The quantitative estimate of drug-likeness (QED) is 0.753. The monoisotopic (exact) mass is 394 g/mol. The number of carbonyl (C=O) groups is 1. The van der Waals surface area contributed by atoms with Crippen molar-refractivity contribution in [1.29, 1.82) is 0 Å². The second kappa shape index (κ2) is 7.79. The van der Waals surface area contributed by atoms with E-state index >= 15 is 0 Å². The molecule has 3 rings (SSSR count). The summed E-state index contributed by atoms with van der Waals surface area (Å²) in [4.78, 5) is 18.9. The van der Waals surface area contributed by atoms with E-state index in [4.69, 9.17) is 0 Å². The molecule has 0 radical (unpaired) electrons. The van der Waals surface area contributed by atoms with Crippen molar-refractivity contribution < 1.29 is 13.2 Å². The van der Waals surface area contributed by atoms with Crippen LogP contribution in [0.15, 0.2) is 35.5 Å². The molecule has 26 heavy (non-hydrogen) atoms. The minimum atomic E-state index is -3.03. The third-order valence-corrected chi connectivity index (χ3v) is 7.11. The Hall–Kier alpha value is -1.87. The van der Waals surface area contributed by atoms with Crippen molar-refractivity contribution in [3.8, 4) is 11.4 Å². The van der Waals surface area contributed by atoms with Gasteiger partial charge in [0.25, 0.3) is 0 Å². The van der Waals surface area contributed by atoms with Crippen LogP contribution in [0, 0.1) is 0 Å². The molecule has 1 saturated heterocycles. The van der Waals surface area contributed by atoms with Crippen LogP contribution in [-0.2, 0) is 14.6 Å². The first-order valence-corrected chi connectivity index (χ1v) is 11.2. The maximum atomic E-state index is 12.8. The smallest absolute Gasteiger partial charge is 0.236 e. The lowest BCUT2D eigenvalue weighted by Gasteiger charge is -2.29. The van der Waals surface area contributed by atoms with Crippen LogP contribution in [0.2, 0.25) is 0 Å². The van der Waals surface area contributed by atoms with E-state index in [0.717, 1.165) is 5.56 Å². The maximum absolute atomic E-state index is 12.8. The van der Waals surface area contributed by atoms with Gasteiger partial charge in [-0.3, -0.25) is 9.89 Å². The highest BCUT2D eigenvalue weighted by Crippen LogP contribution is 2.26. The lowest BCUT2D eigenvalue weighted by atomic mass is 10.2. The maximum Gasteiger partial charge on any atom is 0.236 e. The van der Waals surface area contributed by atoms with Crippen molar-refractivity contribution in [2.75, 3.05) is 18.1 Å². The van der Waals surface area contributed by atoms with Crippen molar-refractivity contribution in [3.05, 3.63) is 30.3 Å². The number of nitrogens with zero attached hydrogens (tertiary/aromatic N) is 3. The number of rotatable bonds is 6. The average molecular weight is 395 g/mol. The van der Waals surface area contributed by atoms with Crippen LogP contribution in [0.4, 0.5) is 0 Å². The normalized spacial score (nSPS) is 20.0. The molecule has 1 fully saturated rings. The molecule has 1 N–H and O–H groups in total. The molecule has 0 unspecified atom stereocenters. The minimum Gasteiger partial charge on any atom is -0.338 e. The fourth-order valence-electron chi connectivity index (χ4n) is 3.08. The van der Waals surface area contributed by atoms with Crippen LogP contribution in [0.5, 0.6) is 0 Å². The van der Waals surface area contributed by atoms with Crippen LogP contribution in [0.25, 0.3) is 11.4 Å². The van der Waals surface area contributed by atoms with Gasteiger partial charge in [0.15, 0.2) is 15.7 Å². The van der Waals surface area contributed by atoms with Gasteiger partial charge in [0.1, 0.15) is 0 Å². The van der Waals surface area contributed by atoms with E-state index in [0.29, 0.717) is 23.9 Å². The summed E-state index contributed by atoms with van der Waals surface area (Å²) in [5.41, 5.74) is 0.928. The van der Waals surface area contributed by atoms with Crippen molar-refractivity contribution in [2.45, 2.75) is 36.7 Å². The molecule has 1 amide bonds. The zero-order valence-corrected chi connectivity index (χ0v) is 16.4. The number of carbonyl (C=O) groups excluding carboxylic acids is 1. The second-order valence-electron chi connectivity index (χ2n) is 6.27. The summed E-state index contributed by atoms with van der Waals surface area (Å²) in [5, 5.41) is 7.18. The summed E-state index contributed by atoms with van der Waals surface area (Å²) in [6.45, 7) is 4.17. The first-order valence-electron chi connectivity index (χ1n) is 8.55. The van der Waals surface area contributed by atoms with Crippen LogP contribution in [0.3, 0.4) is 0 Å². The highest BCUT2D eigenvalue weighted by molar-refractivity contribution is 8.00. The summed E-state index contributed by atoms with van der Waals surface area (Å²) in [7, 11) is -3.03. The number of H-pyrrole nitrogens is 1. The number of amides is 1. The van der Waals surface area contributed by atoms with Gasteiger partial charge in [0.05, 0.1) is 16.8 Å². The van der Waals surface area contributed by atoms with Gasteiger partial charge in [-0.25, -0.2) is 13.4 Å². The van der Waals surface area contributed by atoms with Crippen molar-refractivity contribution >= 4 is 27.5 Å². The number of aromatic nitrogens is 3. The second-order valence-corrected chi connectivity index (χ2v) is 9.81. The molecule has 2 aromatic rings. The highest BCUT2D eigenvalue weighted by Gasteiger charge is 2.35. The largest absolute Gasteiger partial charge is 0.338 e. The molecule has 1 aliphatic heterocycles. The van der Waals surface area contributed by atoms with Gasteiger partial charge in [-0.2, -0.15) is 0 Å². The minimum absolute atomic E-state index is 0.0583. The molecule has 0 saturated carbocycles. The Kier molecular flexibility index (Phi) is 5.67. The summed E-state index contributed by atoms with van der Waals surface area (Å²) < 4.78 is 23.4. The Labute approximate surface area is 157 Å². The Balaban J connectivity index is 1.66. The van der Waals surface area contributed by atoms with Crippen molar-refractivity contribution in [1.82, 2.24) is 20.1 Å². The molecule has 0 spiro atoms. The molecular formula is C17H22N4O3S2. The lowest BCUT2D eigenvalue weighted by Crippen LogP contribution is -2.44. The summed E-state index contributed by atoms with van der Waals surface area (Å²) >= 11 is 1.28. The molecule has 0 bridgehead atoms. The van der Waals surface area contributed by atoms with E-state index < -0.39 is 15.1 Å². The predicted molar refractivity (Wildman–Crippen MR) is 102 cm³/mol. The molecule has 9 heteroatoms. The summed E-state index contributed by atoms with van der Waals surface area (Å²) in [5.74, 6) is 0.792. The van der Waals surface area contributed by atoms with Gasteiger partial charge in [-0.05, 0) is 20.3 Å². The van der Waals surface area contributed by atoms with Crippen LogP contribution >= 0.6 is 11.8 Å². The van der Waals surface area contributed by atoms with Gasteiger partial charge >= 0.3 is 0 Å². The molecule has 140 valence electrons. The zero-order chi connectivity index (χ0) is 18.7. The Morgan fingerprint density at radius 2 is 2.12 bits per heavy atom. The fourth-order valence-corrected chi connectivity index (χ4v) is 5.61. The fraction of sp³-hybridized carbons (Fsp3) is 0.471. The number of sulfone groups is 1. The molecule has 1 aliphatic rings. The topological polar surface area (TPSA) is 96.0 Å². The van der Waals surface area contributed by atoms with Gasteiger partial charge < -0.3 is 4.90 Å². The summed E-state index contributed by atoms with van der Waals surface area (Å²) in [6, 6.07) is 9.41. The Morgan fingerprint density at radius 1 is 1.38 bits per heavy atom. The third-order valence-electron chi connectivity index (χ3n) is 4.42. The molecular weight excluding hydrogens is 372 g/mol. The van der Waals surface area contributed by atoms with Gasteiger partial charge in [-0.15, -0.1) is 5.10 Å². The standard InChI is InChI=1S/C17H22N4O3S2/c1-3-21(14-9-10-26(23,24)11-14)16(22)12(2)25-17-18-15(19-20-17)13-7-5-4-6-8-13/h4-8,12,14H,3,9-11H2,1-2H3,(H,18,19,20)/t12-,14-/m1/s1. The van der Waals surface area contributed by atoms with Crippen molar-refractivity contribution in [2.24, 2.45) is 0 Å². The van der Waals surface area contributed by atoms with Crippen LogP contribution in [-0.4, -0.2) is 63.7 Å². The highest BCUT2D eigenvalue weighted by atomic mass is 32.2. The third kappa shape index (κ3) is 4.27. The number of hydrogen-bond donors (Lipinski definition) is 1. The average Bonchev–Trinajstić information content (AvgIpc) is 3.22. The Morgan fingerprint density at radius 3 is 2.73 bits per heavy atom. The van der Waals surface area contributed by atoms with E-state index in [9.17, 15) is 13.2 Å². The summed E-state index contributed by atoms with van der Waals surface area (Å²) in [6.07, 6.45) is 0.512. The van der Waals surface area contributed by atoms with E-state index in [1.807, 2.05) is 37.3 Å². The van der Waals surface area contributed by atoms with E-state index in [-0.39, 0.29) is 23.5 Å².